The third-order valence-electron chi connectivity index (χ3n) is 6.72. The Morgan fingerprint density at radius 1 is 0.773 bits per heavy atom. The van der Waals surface area contributed by atoms with Gasteiger partial charge in [-0.15, -0.1) is 0 Å². The van der Waals surface area contributed by atoms with Gasteiger partial charge in [-0.2, -0.15) is 0 Å². The summed E-state index contributed by atoms with van der Waals surface area (Å²) < 4.78 is 11.1. The number of rotatable bonds is 11. The van der Waals surface area contributed by atoms with Gasteiger partial charge in [0.25, 0.3) is 0 Å². The molecule has 9 heteroatoms. The minimum atomic E-state index is -1.11. The van der Waals surface area contributed by atoms with Crippen molar-refractivity contribution >= 4 is 23.9 Å². The Hall–Kier alpha value is -3.88. The lowest BCUT2D eigenvalue weighted by atomic mass is 9.94. The van der Waals surface area contributed by atoms with E-state index in [1.165, 1.54) is 4.90 Å². The van der Waals surface area contributed by atoms with Crippen LogP contribution in [0.5, 0.6) is 0 Å². The molecule has 2 rings (SSSR count). The van der Waals surface area contributed by atoms with Gasteiger partial charge in [0.05, 0.1) is 0 Å². The van der Waals surface area contributed by atoms with Crippen molar-refractivity contribution in [3.8, 4) is 0 Å². The molecule has 3 unspecified atom stereocenters. The molecule has 0 saturated carbocycles. The Morgan fingerprint density at radius 2 is 1.32 bits per heavy atom. The smallest absolute Gasteiger partial charge is 0.408 e. The molecule has 0 aliphatic rings. The van der Waals surface area contributed by atoms with Gasteiger partial charge in [-0.1, -0.05) is 68.4 Å². The maximum atomic E-state index is 14.4. The second-order valence-corrected chi connectivity index (χ2v) is 13.8. The van der Waals surface area contributed by atoms with Crippen molar-refractivity contribution < 1.29 is 28.7 Å². The molecular formula is C35H51N3O6. The number of carbonyl (C=O) groups is 4. The van der Waals surface area contributed by atoms with Crippen LogP contribution in [0.25, 0.3) is 0 Å². The third-order valence-corrected chi connectivity index (χ3v) is 6.72. The number of ether oxygens (including phenoxy) is 2. The first-order chi connectivity index (χ1) is 20.3. The van der Waals surface area contributed by atoms with E-state index in [2.05, 4.69) is 10.6 Å². The zero-order valence-corrected chi connectivity index (χ0v) is 28.2. The monoisotopic (exact) mass is 609 g/mol. The van der Waals surface area contributed by atoms with Crippen LogP contribution in [-0.4, -0.2) is 58.1 Å². The SMILES string of the molecule is Cc1ccccc1C(C(=O)NC(Cc1ccccc1)C(=O)OC(C)(C)C)N(C(=O)C(NC(=O)OC(C)(C)C)C(C)C)C(C)C. The quantitative estimate of drug-likeness (QED) is 0.307. The van der Waals surface area contributed by atoms with Crippen LogP contribution in [0, 0.1) is 12.8 Å². The maximum Gasteiger partial charge on any atom is 0.408 e. The minimum Gasteiger partial charge on any atom is -0.458 e. The number of benzene rings is 2. The molecule has 3 atom stereocenters. The van der Waals surface area contributed by atoms with Crippen LogP contribution < -0.4 is 10.6 Å². The fourth-order valence-corrected chi connectivity index (χ4v) is 4.77. The van der Waals surface area contributed by atoms with E-state index in [1.54, 1.807) is 53.7 Å². The first-order valence-electron chi connectivity index (χ1n) is 15.2. The summed E-state index contributed by atoms with van der Waals surface area (Å²) in [5, 5.41) is 5.65. The van der Waals surface area contributed by atoms with E-state index in [0.29, 0.717) is 5.56 Å². The molecule has 9 nitrogen and oxygen atoms in total. The Bertz CT molecular complexity index is 1280. The second kappa shape index (κ2) is 15.2. The molecule has 3 amide bonds. The van der Waals surface area contributed by atoms with E-state index in [9.17, 15) is 19.2 Å². The van der Waals surface area contributed by atoms with E-state index < -0.39 is 59.2 Å². The van der Waals surface area contributed by atoms with Crippen LogP contribution in [-0.2, 0) is 30.3 Å². The van der Waals surface area contributed by atoms with Gasteiger partial charge >= 0.3 is 12.1 Å². The van der Waals surface area contributed by atoms with Gasteiger partial charge < -0.3 is 25.0 Å². The van der Waals surface area contributed by atoms with Gasteiger partial charge in [-0.25, -0.2) is 9.59 Å². The van der Waals surface area contributed by atoms with Crippen molar-refractivity contribution in [3.63, 3.8) is 0 Å². The highest BCUT2D eigenvalue weighted by Crippen LogP contribution is 2.29. The van der Waals surface area contributed by atoms with Gasteiger partial charge in [0.1, 0.15) is 29.3 Å². The lowest BCUT2D eigenvalue weighted by Crippen LogP contribution is -2.58. The molecule has 0 aliphatic heterocycles. The zero-order chi connectivity index (χ0) is 33.4. The molecule has 0 fully saturated rings. The van der Waals surface area contributed by atoms with E-state index >= 15 is 0 Å². The molecule has 0 aliphatic carbocycles. The first kappa shape index (κ1) is 36.3. The average molecular weight is 610 g/mol. The van der Waals surface area contributed by atoms with Crippen LogP contribution in [0.4, 0.5) is 4.79 Å². The molecule has 2 aromatic rings. The molecule has 0 aromatic heterocycles. The number of carbonyl (C=O) groups excluding carboxylic acids is 4. The summed E-state index contributed by atoms with van der Waals surface area (Å²) in [5.41, 5.74) is 0.711. The fourth-order valence-electron chi connectivity index (χ4n) is 4.77. The number of nitrogens with zero attached hydrogens (tertiary/aromatic N) is 1. The summed E-state index contributed by atoms with van der Waals surface area (Å²) in [6, 6.07) is 13.1. The second-order valence-electron chi connectivity index (χ2n) is 13.8. The number of esters is 1. The molecule has 2 aromatic carbocycles. The Morgan fingerprint density at radius 3 is 1.82 bits per heavy atom. The summed E-state index contributed by atoms with van der Waals surface area (Å²) in [4.78, 5) is 56.4. The van der Waals surface area contributed by atoms with Gasteiger partial charge in [0, 0.05) is 12.5 Å². The lowest BCUT2D eigenvalue weighted by Gasteiger charge is -2.39. The molecule has 0 radical (unpaired) electrons. The van der Waals surface area contributed by atoms with Gasteiger partial charge in [-0.05, 0) is 84.9 Å². The molecule has 44 heavy (non-hydrogen) atoms. The minimum absolute atomic E-state index is 0.201. The number of alkyl carbamates (subject to hydrolysis) is 1. The van der Waals surface area contributed by atoms with Crippen molar-refractivity contribution in [2.75, 3.05) is 0 Å². The summed E-state index contributed by atoms with van der Waals surface area (Å²) in [5.74, 6) is -1.87. The number of nitrogens with one attached hydrogen (secondary N) is 2. The van der Waals surface area contributed by atoms with Crippen LogP contribution in [0.1, 0.15) is 92.0 Å². The van der Waals surface area contributed by atoms with Crippen molar-refractivity contribution in [1.29, 1.82) is 0 Å². The summed E-state index contributed by atoms with van der Waals surface area (Å²) >= 11 is 0. The number of hydrogen-bond acceptors (Lipinski definition) is 6. The van der Waals surface area contributed by atoms with Crippen LogP contribution in [0.2, 0.25) is 0 Å². The number of aryl methyl sites for hydroxylation is 1. The van der Waals surface area contributed by atoms with E-state index in [1.807, 2.05) is 77.1 Å². The zero-order valence-electron chi connectivity index (χ0n) is 28.2. The average Bonchev–Trinajstić information content (AvgIpc) is 2.88. The number of amides is 3. The van der Waals surface area contributed by atoms with Crippen LogP contribution in [0.15, 0.2) is 54.6 Å². The third kappa shape index (κ3) is 11.0. The molecule has 0 spiro atoms. The Labute approximate surface area is 263 Å². The standard InChI is InChI=1S/C35H51N3O6/c1-22(2)28(37-33(42)44-35(9,10)11)31(40)38(23(3)4)29(26-20-16-15-17-24(26)5)30(39)36-27(32(41)43-34(6,7)8)21-25-18-13-12-14-19-25/h12-20,22-23,27-29H,21H2,1-11H3,(H,36,39)(H,37,42). The highest BCUT2D eigenvalue weighted by atomic mass is 16.6. The topological polar surface area (TPSA) is 114 Å². The van der Waals surface area contributed by atoms with Crippen LogP contribution in [0.3, 0.4) is 0 Å². The summed E-state index contributed by atoms with van der Waals surface area (Å²) in [7, 11) is 0. The highest BCUT2D eigenvalue weighted by Gasteiger charge is 2.40. The van der Waals surface area contributed by atoms with Gasteiger partial charge in [0.15, 0.2) is 0 Å². The molecule has 0 saturated heterocycles. The summed E-state index contributed by atoms with van der Waals surface area (Å²) in [6.45, 7) is 19.7. The predicted octanol–water partition coefficient (Wildman–Crippen LogP) is 5.89. The summed E-state index contributed by atoms with van der Waals surface area (Å²) in [6.07, 6.45) is -0.523. The van der Waals surface area contributed by atoms with E-state index in [-0.39, 0.29) is 12.3 Å². The van der Waals surface area contributed by atoms with Crippen molar-refractivity contribution in [1.82, 2.24) is 15.5 Å². The molecule has 0 heterocycles. The first-order valence-corrected chi connectivity index (χ1v) is 15.2. The fraction of sp³-hybridized carbons (Fsp3) is 0.543. The van der Waals surface area contributed by atoms with Gasteiger partial charge in [-0.3, -0.25) is 9.59 Å². The van der Waals surface area contributed by atoms with Crippen molar-refractivity contribution in [2.24, 2.45) is 5.92 Å². The largest absolute Gasteiger partial charge is 0.458 e. The van der Waals surface area contributed by atoms with Crippen molar-refractivity contribution in [3.05, 3.63) is 71.3 Å². The lowest BCUT2D eigenvalue weighted by molar-refractivity contribution is -0.159. The van der Waals surface area contributed by atoms with Crippen molar-refractivity contribution in [2.45, 2.75) is 118 Å². The van der Waals surface area contributed by atoms with E-state index in [0.717, 1.165) is 11.1 Å². The highest BCUT2D eigenvalue weighted by molar-refractivity contribution is 5.94. The Kier molecular flexibility index (Phi) is 12.6. The molecule has 242 valence electrons. The van der Waals surface area contributed by atoms with Gasteiger partial charge in [0.2, 0.25) is 11.8 Å². The van der Waals surface area contributed by atoms with E-state index in [4.69, 9.17) is 9.47 Å². The normalized spacial score (nSPS) is 13.9. The number of hydrogen-bond donors (Lipinski definition) is 2. The molecule has 0 bridgehead atoms. The molecule has 2 N–H and O–H groups in total. The predicted molar refractivity (Wildman–Crippen MR) is 172 cm³/mol. The maximum absolute atomic E-state index is 14.4. The molecular weight excluding hydrogens is 558 g/mol. The Balaban J connectivity index is 2.59. The van der Waals surface area contributed by atoms with Crippen LogP contribution >= 0.6 is 0 Å².